The first-order valence-corrected chi connectivity index (χ1v) is 10.5. The zero-order valence-corrected chi connectivity index (χ0v) is 17.2. The maximum atomic E-state index is 13.3. The lowest BCUT2D eigenvalue weighted by atomic mass is 9.90. The van der Waals surface area contributed by atoms with E-state index in [-0.39, 0.29) is 17.3 Å². The van der Waals surface area contributed by atoms with Crippen molar-refractivity contribution in [3.05, 3.63) is 88.5 Å². The molecule has 2 heterocycles. The molecule has 2 aromatic carbocycles. The summed E-state index contributed by atoms with van der Waals surface area (Å²) in [6.45, 7) is 4.50. The van der Waals surface area contributed by atoms with Crippen LogP contribution < -0.4 is 0 Å². The summed E-state index contributed by atoms with van der Waals surface area (Å²) in [5, 5.41) is 0. The fourth-order valence-electron chi connectivity index (χ4n) is 4.15. The molecule has 0 unspecified atom stereocenters. The number of carbonyl (C=O) groups is 2. The molecule has 0 spiro atoms. The molecule has 1 saturated heterocycles. The fraction of sp³-hybridized carbons (Fsp3) is 0.240. The quantitative estimate of drug-likeness (QED) is 0.503. The lowest BCUT2D eigenvalue weighted by Crippen LogP contribution is -2.38. The molecule has 3 aromatic rings. The summed E-state index contributed by atoms with van der Waals surface area (Å²) in [7, 11) is 0. The molecule has 1 fully saturated rings. The molecule has 156 valence electrons. The molecule has 6 heteroatoms. The van der Waals surface area contributed by atoms with E-state index < -0.39 is 0 Å². The predicted octanol–water partition coefficient (Wildman–Crippen LogP) is 3.16. The van der Waals surface area contributed by atoms with Gasteiger partial charge in [-0.25, -0.2) is 4.98 Å². The van der Waals surface area contributed by atoms with Crippen LogP contribution in [0.3, 0.4) is 0 Å². The highest BCUT2D eigenvalue weighted by molar-refractivity contribution is 6.27. The predicted molar refractivity (Wildman–Crippen MR) is 118 cm³/mol. The number of fused-ring (bicyclic) bond motifs is 2. The summed E-state index contributed by atoms with van der Waals surface area (Å²) >= 11 is 0. The molecular formula is C25H23N3O3. The smallest absolute Gasteiger partial charge is 0.214 e. The van der Waals surface area contributed by atoms with E-state index in [4.69, 9.17) is 4.74 Å². The van der Waals surface area contributed by atoms with Crippen LogP contribution in [0.5, 0.6) is 0 Å². The third-order valence-corrected chi connectivity index (χ3v) is 5.81. The molecule has 0 amide bonds. The molecule has 0 atom stereocenters. The number of hydrogen-bond acceptors (Lipinski definition) is 5. The molecular weight excluding hydrogens is 390 g/mol. The van der Waals surface area contributed by atoms with Gasteiger partial charge in [0, 0.05) is 37.3 Å². The van der Waals surface area contributed by atoms with Gasteiger partial charge in [0.15, 0.2) is 0 Å². The Kier molecular flexibility index (Phi) is 5.32. The summed E-state index contributed by atoms with van der Waals surface area (Å²) in [4.78, 5) is 33.4. The molecule has 0 saturated carbocycles. The van der Waals surface area contributed by atoms with Crippen molar-refractivity contribution in [3.8, 4) is 0 Å². The lowest BCUT2D eigenvalue weighted by molar-refractivity contribution is 0.0362. The second kappa shape index (κ2) is 8.41. The van der Waals surface area contributed by atoms with Gasteiger partial charge < -0.3 is 9.30 Å². The Hall–Kier alpha value is -3.35. The van der Waals surface area contributed by atoms with Crippen molar-refractivity contribution in [1.82, 2.24) is 14.5 Å². The first-order chi connectivity index (χ1) is 15.2. The van der Waals surface area contributed by atoms with Crippen molar-refractivity contribution in [2.45, 2.75) is 6.54 Å². The van der Waals surface area contributed by atoms with Crippen LogP contribution in [0.25, 0.3) is 12.2 Å². The standard InChI is InChI=1S/C25H23N3O3/c29-24-19-8-4-5-9-20(19)25(30)23-22(24)26-21(11-10-18-6-2-1-3-7-18)28(23)13-12-27-14-16-31-17-15-27/h1-11H,12-17H2/b11-10+. The molecule has 1 aromatic heterocycles. The molecule has 0 bridgehead atoms. The van der Waals surface area contributed by atoms with Crippen LogP contribution in [0.1, 0.15) is 43.5 Å². The second-order valence-corrected chi connectivity index (χ2v) is 7.72. The van der Waals surface area contributed by atoms with Crippen LogP contribution in [-0.2, 0) is 11.3 Å². The normalized spacial score (nSPS) is 16.5. The van der Waals surface area contributed by atoms with Crippen molar-refractivity contribution < 1.29 is 14.3 Å². The number of ketones is 2. The van der Waals surface area contributed by atoms with E-state index in [1.807, 2.05) is 47.1 Å². The lowest BCUT2D eigenvalue weighted by Gasteiger charge is -2.27. The summed E-state index contributed by atoms with van der Waals surface area (Å²) in [5.74, 6) is 0.292. The van der Waals surface area contributed by atoms with Gasteiger partial charge in [-0.05, 0) is 11.6 Å². The van der Waals surface area contributed by atoms with Gasteiger partial charge >= 0.3 is 0 Å². The third kappa shape index (κ3) is 3.76. The molecule has 5 rings (SSSR count). The number of carbonyl (C=O) groups excluding carboxylic acids is 2. The van der Waals surface area contributed by atoms with Crippen molar-refractivity contribution >= 4 is 23.7 Å². The van der Waals surface area contributed by atoms with Crippen LogP contribution in [-0.4, -0.2) is 58.9 Å². The van der Waals surface area contributed by atoms with E-state index in [9.17, 15) is 9.59 Å². The minimum Gasteiger partial charge on any atom is -0.379 e. The monoisotopic (exact) mass is 413 g/mol. The number of hydrogen-bond donors (Lipinski definition) is 0. The second-order valence-electron chi connectivity index (χ2n) is 7.72. The Bertz CT molecular complexity index is 1160. The zero-order chi connectivity index (χ0) is 21.2. The van der Waals surface area contributed by atoms with E-state index in [0.717, 1.165) is 25.2 Å². The average Bonchev–Trinajstić information content (AvgIpc) is 3.20. The third-order valence-electron chi connectivity index (χ3n) is 5.81. The van der Waals surface area contributed by atoms with Crippen molar-refractivity contribution in [2.75, 3.05) is 32.8 Å². The van der Waals surface area contributed by atoms with Gasteiger partial charge in [0.05, 0.1) is 13.2 Å². The molecule has 1 aliphatic heterocycles. The van der Waals surface area contributed by atoms with Crippen LogP contribution >= 0.6 is 0 Å². The van der Waals surface area contributed by atoms with Gasteiger partial charge in [-0.3, -0.25) is 14.5 Å². The molecule has 0 N–H and O–H groups in total. The van der Waals surface area contributed by atoms with Gasteiger partial charge in [-0.2, -0.15) is 0 Å². The Balaban J connectivity index is 1.54. The number of morpholine rings is 1. The van der Waals surface area contributed by atoms with Crippen molar-refractivity contribution in [3.63, 3.8) is 0 Å². The first kappa shape index (κ1) is 19.6. The Labute approximate surface area is 180 Å². The maximum absolute atomic E-state index is 13.3. The van der Waals surface area contributed by atoms with Gasteiger partial charge in [0.25, 0.3) is 0 Å². The summed E-state index contributed by atoms with van der Waals surface area (Å²) in [5.41, 5.74) is 2.55. The van der Waals surface area contributed by atoms with E-state index >= 15 is 0 Å². The highest BCUT2D eigenvalue weighted by atomic mass is 16.5. The van der Waals surface area contributed by atoms with E-state index in [1.165, 1.54) is 0 Å². The van der Waals surface area contributed by atoms with Gasteiger partial charge in [0.2, 0.25) is 11.6 Å². The van der Waals surface area contributed by atoms with Crippen LogP contribution in [0.4, 0.5) is 0 Å². The number of imidazole rings is 1. The molecule has 0 radical (unpaired) electrons. The fourth-order valence-corrected chi connectivity index (χ4v) is 4.15. The SMILES string of the molecule is O=C1c2ccccc2C(=O)c2c1nc(/C=C/c1ccccc1)n2CCN1CCOCC1. The van der Waals surface area contributed by atoms with E-state index in [1.54, 1.807) is 24.3 Å². The minimum atomic E-state index is -0.190. The number of ether oxygens (including phenoxy) is 1. The van der Waals surface area contributed by atoms with Crippen molar-refractivity contribution in [1.29, 1.82) is 0 Å². The van der Waals surface area contributed by atoms with Gasteiger partial charge in [-0.15, -0.1) is 0 Å². The molecule has 2 aliphatic rings. The highest BCUT2D eigenvalue weighted by Gasteiger charge is 2.35. The van der Waals surface area contributed by atoms with Crippen molar-refractivity contribution in [2.24, 2.45) is 0 Å². The summed E-state index contributed by atoms with van der Waals surface area (Å²) < 4.78 is 7.34. The summed E-state index contributed by atoms with van der Waals surface area (Å²) in [6.07, 6.45) is 3.85. The topological polar surface area (TPSA) is 64.4 Å². The van der Waals surface area contributed by atoms with E-state index in [0.29, 0.717) is 42.4 Å². The Morgan fingerprint density at radius 1 is 0.839 bits per heavy atom. The molecule has 6 nitrogen and oxygen atoms in total. The first-order valence-electron chi connectivity index (χ1n) is 10.5. The molecule has 1 aliphatic carbocycles. The van der Waals surface area contributed by atoms with Gasteiger partial charge in [-0.1, -0.05) is 60.7 Å². The average molecular weight is 413 g/mol. The minimum absolute atomic E-state index is 0.140. The highest BCUT2D eigenvalue weighted by Crippen LogP contribution is 2.28. The maximum Gasteiger partial charge on any atom is 0.214 e. The number of aromatic nitrogens is 2. The molecule has 31 heavy (non-hydrogen) atoms. The number of rotatable bonds is 5. The largest absolute Gasteiger partial charge is 0.379 e. The Morgan fingerprint density at radius 2 is 1.52 bits per heavy atom. The van der Waals surface area contributed by atoms with E-state index in [2.05, 4.69) is 9.88 Å². The Morgan fingerprint density at radius 3 is 2.26 bits per heavy atom. The van der Waals surface area contributed by atoms with Crippen LogP contribution in [0.15, 0.2) is 54.6 Å². The number of nitrogens with zero attached hydrogens (tertiary/aromatic N) is 3. The summed E-state index contributed by atoms with van der Waals surface area (Å²) in [6, 6.07) is 16.9. The van der Waals surface area contributed by atoms with Crippen LogP contribution in [0.2, 0.25) is 0 Å². The zero-order valence-electron chi connectivity index (χ0n) is 17.2. The van der Waals surface area contributed by atoms with Gasteiger partial charge in [0.1, 0.15) is 17.2 Å². The van der Waals surface area contributed by atoms with Crippen LogP contribution in [0, 0.1) is 0 Å². The number of benzene rings is 2.